The van der Waals surface area contributed by atoms with E-state index < -0.39 is 10.0 Å². The summed E-state index contributed by atoms with van der Waals surface area (Å²) in [5.41, 5.74) is 6.94. The van der Waals surface area contributed by atoms with E-state index >= 15 is 0 Å². The van der Waals surface area contributed by atoms with Gasteiger partial charge in [0.15, 0.2) is 0 Å². The molecule has 0 saturated heterocycles. The standard InChI is InChI=1S/C20H23N3O2S/c1-5-16-6-12-19(13-7-16)23-15(3)20(14(2)21-23)17-8-10-18(11-9-17)22-26(4,24)25/h6-13,22H,5H2,1-4H3. The minimum Gasteiger partial charge on any atom is -0.284 e. The summed E-state index contributed by atoms with van der Waals surface area (Å²) >= 11 is 0. The second-order valence-corrected chi connectivity index (χ2v) is 8.18. The monoisotopic (exact) mass is 369 g/mol. The van der Waals surface area contributed by atoms with Crippen LogP contribution in [0.3, 0.4) is 0 Å². The van der Waals surface area contributed by atoms with Crippen LogP contribution in [0, 0.1) is 13.8 Å². The third kappa shape index (κ3) is 3.80. The molecule has 0 spiro atoms. The summed E-state index contributed by atoms with van der Waals surface area (Å²) < 4.78 is 27.1. The number of hydrogen-bond acceptors (Lipinski definition) is 3. The molecular weight excluding hydrogens is 346 g/mol. The van der Waals surface area contributed by atoms with Crippen LogP contribution in [0.4, 0.5) is 5.69 Å². The van der Waals surface area contributed by atoms with Gasteiger partial charge in [0, 0.05) is 16.9 Å². The highest BCUT2D eigenvalue weighted by molar-refractivity contribution is 7.92. The van der Waals surface area contributed by atoms with Gasteiger partial charge in [-0.25, -0.2) is 13.1 Å². The van der Waals surface area contributed by atoms with E-state index in [-0.39, 0.29) is 0 Å². The van der Waals surface area contributed by atoms with Gasteiger partial charge in [0.1, 0.15) is 0 Å². The Morgan fingerprint density at radius 2 is 1.62 bits per heavy atom. The van der Waals surface area contributed by atoms with Crippen molar-refractivity contribution in [3.05, 3.63) is 65.5 Å². The fourth-order valence-electron chi connectivity index (χ4n) is 3.10. The first-order valence-electron chi connectivity index (χ1n) is 8.52. The van der Waals surface area contributed by atoms with Gasteiger partial charge in [-0.3, -0.25) is 4.72 Å². The van der Waals surface area contributed by atoms with Crippen LogP contribution in [0.2, 0.25) is 0 Å². The molecule has 0 unspecified atom stereocenters. The van der Waals surface area contributed by atoms with Gasteiger partial charge in [-0.2, -0.15) is 5.10 Å². The average molecular weight is 369 g/mol. The highest BCUT2D eigenvalue weighted by atomic mass is 32.2. The molecule has 0 aliphatic heterocycles. The van der Waals surface area contributed by atoms with Crippen LogP contribution in [-0.4, -0.2) is 24.5 Å². The van der Waals surface area contributed by atoms with Crippen LogP contribution in [0.25, 0.3) is 16.8 Å². The predicted octanol–water partition coefficient (Wildman–Crippen LogP) is 4.09. The molecule has 2 aromatic carbocycles. The lowest BCUT2D eigenvalue weighted by atomic mass is 10.0. The Labute approximate surface area is 154 Å². The minimum atomic E-state index is -3.28. The smallest absolute Gasteiger partial charge is 0.229 e. The summed E-state index contributed by atoms with van der Waals surface area (Å²) in [6.45, 7) is 6.17. The van der Waals surface area contributed by atoms with Crippen molar-refractivity contribution < 1.29 is 8.42 Å². The minimum absolute atomic E-state index is 0.550. The molecule has 0 aliphatic carbocycles. The summed E-state index contributed by atoms with van der Waals surface area (Å²) in [5, 5.41) is 4.70. The fraction of sp³-hybridized carbons (Fsp3) is 0.250. The lowest BCUT2D eigenvalue weighted by Gasteiger charge is -2.08. The molecule has 0 fully saturated rings. The molecule has 3 aromatic rings. The van der Waals surface area contributed by atoms with Crippen molar-refractivity contribution in [2.75, 3.05) is 11.0 Å². The molecule has 1 N–H and O–H groups in total. The maximum atomic E-state index is 11.3. The van der Waals surface area contributed by atoms with Crippen molar-refractivity contribution in [3.8, 4) is 16.8 Å². The van der Waals surface area contributed by atoms with Gasteiger partial charge in [-0.1, -0.05) is 31.2 Å². The molecule has 0 atom stereocenters. The molecule has 0 saturated carbocycles. The topological polar surface area (TPSA) is 64.0 Å². The lowest BCUT2D eigenvalue weighted by molar-refractivity contribution is 0.607. The van der Waals surface area contributed by atoms with Crippen LogP contribution < -0.4 is 4.72 Å². The Balaban J connectivity index is 1.97. The number of aromatic nitrogens is 2. The van der Waals surface area contributed by atoms with Crippen molar-refractivity contribution >= 4 is 15.7 Å². The van der Waals surface area contributed by atoms with Crippen LogP contribution in [0.5, 0.6) is 0 Å². The Kier molecular flexibility index (Phi) is 4.87. The predicted molar refractivity (Wildman–Crippen MR) is 106 cm³/mol. The lowest BCUT2D eigenvalue weighted by Crippen LogP contribution is -2.09. The van der Waals surface area contributed by atoms with Crippen molar-refractivity contribution in [1.29, 1.82) is 0 Å². The average Bonchev–Trinajstić information content (AvgIpc) is 2.89. The van der Waals surface area contributed by atoms with E-state index in [1.165, 1.54) is 5.56 Å². The Morgan fingerprint density at radius 3 is 2.15 bits per heavy atom. The highest BCUT2D eigenvalue weighted by Gasteiger charge is 2.15. The molecule has 5 nitrogen and oxygen atoms in total. The van der Waals surface area contributed by atoms with E-state index in [1.807, 2.05) is 30.7 Å². The number of nitrogens with zero attached hydrogens (tertiary/aromatic N) is 2. The van der Waals surface area contributed by atoms with Gasteiger partial charge in [0.05, 0.1) is 17.6 Å². The van der Waals surface area contributed by atoms with Crippen molar-refractivity contribution in [2.45, 2.75) is 27.2 Å². The van der Waals surface area contributed by atoms with Gasteiger partial charge in [-0.05, 0) is 55.7 Å². The number of benzene rings is 2. The zero-order valence-electron chi connectivity index (χ0n) is 15.4. The Morgan fingerprint density at radius 1 is 1.00 bits per heavy atom. The first kappa shape index (κ1) is 18.2. The zero-order valence-corrected chi connectivity index (χ0v) is 16.3. The summed E-state index contributed by atoms with van der Waals surface area (Å²) in [4.78, 5) is 0. The van der Waals surface area contributed by atoms with Crippen LogP contribution >= 0.6 is 0 Å². The van der Waals surface area contributed by atoms with Gasteiger partial charge in [0.2, 0.25) is 10.0 Å². The van der Waals surface area contributed by atoms with E-state index in [4.69, 9.17) is 5.10 Å². The van der Waals surface area contributed by atoms with Gasteiger partial charge in [-0.15, -0.1) is 0 Å². The largest absolute Gasteiger partial charge is 0.284 e. The molecule has 26 heavy (non-hydrogen) atoms. The number of rotatable bonds is 5. The first-order valence-corrected chi connectivity index (χ1v) is 10.4. The maximum absolute atomic E-state index is 11.3. The quantitative estimate of drug-likeness (QED) is 0.737. The van der Waals surface area contributed by atoms with Crippen LogP contribution in [0.1, 0.15) is 23.9 Å². The SMILES string of the molecule is CCc1ccc(-n2nc(C)c(-c3ccc(NS(C)(=O)=O)cc3)c2C)cc1. The Bertz CT molecular complexity index is 1020. The summed E-state index contributed by atoms with van der Waals surface area (Å²) in [6, 6.07) is 15.8. The second-order valence-electron chi connectivity index (χ2n) is 6.43. The van der Waals surface area contributed by atoms with E-state index in [0.29, 0.717) is 5.69 Å². The van der Waals surface area contributed by atoms with E-state index in [1.54, 1.807) is 12.1 Å². The molecule has 1 heterocycles. The first-order chi connectivity index (χ1) is 12.3. The summed E-state index contributed by atoms with van der Waals surface area (Å²) in [5.74, 6) is 0. The number of nitrogens with one attached hydrogen (secondary N) is 1. The third-order valence-electron chi connectivity index (χ3n) is 4.36. The maximum Gasteiger partial charge on any atom is 0.229 e. The van der Waals surface area contributed by atoms with Gasteiger partial charge >= 0.3 is 0 Å². The molecule has 0 radical (unpaired) electrons. The van der Waals surface area contributed by atoms with Gasteiger partial charge < -0.3 is 0 Å². The molecule has 0 bridgehead atoms. The molecule has 3 rings (SSSR count). The molecule has 136 valence electrons. The van der Waals surface area contributed by atoms with E-state index in [0.717, 1.165) is 40.9 Å². The molecule has 0 aliphatic rings. The van der Waals surface area contributed by atoms with Crippen LogP contribution in [-0.2, 0) is 16.4 Å². The third-order valence-corrected chi connectivity index (χ3v) is 4.96. The normalized spacial score (nSPS) is 11.5. The van der Waals surface area contributed by atoms with E-state index in [2.05, 4.69) is 35.9 Å². The Hall–Kier alpha value is -2.60. The molecule has 1 aromatic heterocycles. The number of hydrogen-bond donors (Lipinski definition) is 1. The summed E-state index contributed by atoms with van der Waals surface area (Å²) in [7, 11) is -3.28. The van der Waals surface area contributed by atoms with Crippen LogP contribution in [0.15, 0.2) is 48.5 Å². The van der Waals surface area contributed by atoms with Crippen molar-refractivity contribution in [2.24, 2.45) is 0 Å². The number of sulfonamides is 1. The van der Waals surface area contributed by atoms with Gasteiger partial charge in [0.25, 0.3) is 0 Å². The highest BCUT2D eigenvalue weighted by Crippen LogP contribution is 2.29. The second kappa shape index (κ2) is 6.96. The molecule has 6 heteroatoms. The zero-order chi connectivity index (χ0) is 18.9. The molecular formula is C20H23N3O2S. The molecule has 0 amide bonds. The fourth-order valence-corrected chi connectivity index (χ4v) is 3.67. The van der Waals surface area contributed by atoms with Crippen molar-refractivity contribution in [3.63, 3.8) is 0 Å². The number of aryl methyl sites for hydroxylation is 2. The van der Waals surface area contributed by atoms with E-state index in [9.17, 15) is 8.42 Å². The number of anilines is 1. The summed E-state index contributed by atoms with van der Waals surface area (Å²) in [6.07, 6.45) is 2.15. The van der Waals surface area contributed by atoms with Crippen molar-refractivity contribution in [1.82, 2.24) is 9.78 Å².